The first kappa shape index (κ1) is 19.0. The molecule has 3 heteroatoms. The van der Waals surface area contributed by atoms with Crippen molar-refractivity contribution < 1.29 is 9.53 Å². The third-order valence-electron chi connectivity index (χ3n) is 5.40. The van der Waals surface area contributed by atoms with E-state index in [9.17, 15) is 4.79 Å². The van der Waals surface area contributed by atoms with Crippen LogP contribution in [0.2, 0.25) is 0 Å². The van der Waals surface area contributed by atoms with E-state index < -0.39 is 5.60 Å². The van der Waals surface area contributed by atoms with E-state index in [2.05, 4.69) is 44.2 Å². The Balaban J connectivity index is 1.72. The summed E-state index contributed by atoms with van der Waals surface area (Å²) in [7, 11) is 0. The number of benzene rings is 1. The number of nitrogens with zero attached hydrogens (tertiary/aromatic N) is 1. The van der Waals surface area contributed by atoms with Crippen LogP contribution in [0.15, 0.2) is 35.9 Å². The van der Waals surface area contributed by atoms with Crippen molar-refractivity contribution >= 4 is 6.09 Å². The van der Waals surface area contributed by atoms with E-state index in [1.807, 2.05) is 25.7 Å². The fourth-order valence-corrected chi connectivity index (χ4v) is 4.13. The largest absolute Gasteiger partial charge is 0.444 e. The summed E-state index contributed by atoms with van der Waals surface area (Å²) < 4.78 is 5.66. The number of carbonyl (C=O) groups is 1. The number of hydrogen-bond acceptors (Lipinski definition) is 2. The number of piperidine rings is 1. The maximum atomic E-state index is 12.7. The Morgan fingerprint density at radius 3 is 2.46 bits per heavy atom. The zero-order valence-corrected chi connectivity index (χ0v) is 16.9. The maximum absolute atomic E-state index is 12.7. The molecule has 2 atom stereocenters. The molecule has 1 aromatic rings. The quantitative estimate of drug-likeness (QED) is 0.637. The van der Waals surface area contributed by atoms with Crippen molar-refractivity contribution in [2.45, 2.75) is 90.3 Å². The van der Waals surface area contributed by atoms with E-state index in [1.54, 1.807) is 0 Å². The molecule has 142 valence electrons. The summed E-state index contributed by atoms with van der Waals surface area (Å²) >= 11 is 0. The average molecular weight is 356 g/mol. The molecular formula is C23H33NO2. The monoisotopic (exact) mass is 355 g/mol. The highest BCUT2D eigenvalue weighted by molar-refractivity contribution is 5.70. The molecule has 2 aliphatic heterocycles. The van der Waals surface area contributed by atoms with Crippen LogP contribution in [-0.4, -0.2) is 28.7 Å². The highest BCUT2D eigenvalue weighted by Gasteiger charge is 2.39. The molecule has 26 heavy (non-hydrogen) atoms. The highest BCUT2D eigenvalue weighted by atomic mass is 16.6. The van der Waals surface area contributed by atoms with Crippen LogP contribution in [-0.2, 0) is 11.2 Å². The second kappa shape index (κ2) is 7.46. The van der Waals surface area contributed by atoms with Gasteiger partial charge in [-0.25, -0.2) is 4.79 Å². The Kier molecular flexibility index (Phi) is 5.45. The van der Waals surface area contributed by atoms with Crippen LogP contribution >= 0.6 is 0 Å². The second-order valence-corrected chi connectivity index (χ2v) is 9.14. The van der Waals surface area contributed by atoms with Gasteiger partial charge in [0.2, 0.25) is 0 Å². The first-order valence-corrected chi connectivity index (χ1v) is 10.0. The molecule has 2 unspecified atom stereocenters. The second-order valence-electron chi connectivity index (χ2n) is 9.14. The number of amides is 1. The molecule has 2 bridgehead atoms. The van der Waals surface area contributed by atoms with Gasteiger partial charge in [0, 0.05) is 6.04 Å². The summed E-state index contributed by atoms with van der Waals surface area (Å²) in [6, 6.07) is 9.49. The fourth-order valence-electron chi connectivity index (χ4n) is 4.13. The van der Waals surface area contributed by atoms with Crippen molar-refractivity contribution in [3.8, 4) is 0 Å². The molecule has 0 radical (unpaired) electrons. The minimum atomic E-state index is -0.437. The molecular weight excluding hydrogens is 322 g/mol. The summed E-state index contributed by atoms with van der Waals surface area (Å²) in [5.74, 6) is 0.569. The smallest absolute Gasteiger partial charge is 0.411 e. The van der Waals surface area contributed by atoms with Crippen molar-refractivity contribution in [3.63, 3.8) is 0 Å². The van der Waals surface area contributed by atoms with E-state index in [0.29, 0.717) is 12.0 Å². The molecule has 0 aliphatic carbocycles. The SMILES string of the molecule is CC(C)c1ccc(CC2=CC3CCCC(C2)N3C(=O)OC(C)(C)C)cc1. The van der Waals surface area contributed by atoms with Gasteiger partial charge in [-0.3, -0.25) is 4.90 Å². The van der Waals surface area contributed by atoms with Gasteiger partial charge in [0.05, 0.1) is 6.04 Å². The number of ether oxygens (including phenoxy) is 1. The Hall–Kier alpha value is -1.77. The van der Waals surface area contributed by atoms with Crippen molar-refractivity contribution in [3.05, 3.63) is 47.0 Å². The summed E-state index contributed by atoms with van der Waals surface area (Å²) in [6.45, 7) is 10.3. The molecule has 1 amide bonds. The third-order valence-corrected chi connectivity index (χ3v) is 5.40. The maximum Gasteiger partial charge on any atom is 0.411 e. The molecule has 2 heterocycles. The number of rotatable bonds is 3. The molecule has 1 saturated heterocycles. The van der Waals surface area contributed by atoms with Gasteiger partial charge in [0.15, 0.2) is 0 Å². The summed E-state index contributed by atoms with van der Waals surface area (Å²) in [4.78, 5) is 14.7. The van der Waals surface area contributed by atoms with Gasteiger partial charge < -0.3 is 4.74 Å². The zero-order valence-electron chi connectivity index (χ0n) is 16.9. The third kappa shape index (κ3) is 4.49. The van der Waals surface area contributed by atoms with E-state index >= 15 is 0 Å². The van der Waals surface area contributed by atoms with Gasteiger partial charge in [0.25, 0.3) is 0 Å². The molecule has 0 N–H and O–H groups in total. The van der Waals surface area contributed by atoms with Crippen LogP contribution in [0.4, 0.5) is 4.79 Å². The van der Waals surface area contributed by atoms with Crippen molar-refractivity contribution in [2.24, 2.45) is 0 Å². The average Bonchev–Trinajstić information content (AvgIpc) is 2.52. The lowest BCUT2D eigenvalue weighted by molar-refractivity contribution is -0.00150. The number of fused-ring (bicyclic) bond motifs is 2. The zero-order chi connectivity index (χ0) is 18.9. The minimum absolute atomic E-state index is 0.149. The summed E-state index contributed by atoms with van der Waals surface area (Å²) in [6.07, 6.45) is 7.47. The Morgan fingerprint density at radius 1 is 1.19 bits per heavy atom. The first-order chi connectivity index (χ1) is 12.2. The standard InChI is InChI=1S/C23H33NO2/c1-16(2)19-11-9-17(10-12-19)13-18-14-20-7-6-8-21(15-18)24(20)22(25)26-23(3,4)5/h9-12,14,16,20-21H,6-8,13,15H2,1-5H3. The topological polar surface area (TPSA) is 29.5 Å². The molecule has 0 spiro atoms. The lowest BCUT2D eigenvalue weighted by atomic mass is 9.83. The number of hydrogen-bond donors (Lipinski definition) is 0. The molecule has 3 nitrogen and oxygen atoms in total. The van der Waals surface area contributed by atoms with Gasteiger partial charge in [-0.15, -0.1) is 0 Å². The van der Waals surface area contributed by atoms with E-state index in [1.165, 1.54) is 23.1 Å². The van der Waals surface area contributed by atoms with Crippen LogP contribution in [0, 0.1) is 0 Å². The van der Waals surface area contributed by atoms with Crippen molar-refractivity contribution in [2.75, 3.05) is 0 Å². The van der Waals surface area contributed by atoms with Gasteiger partial charge >= 0.3 is 6.09 Å². The van der Waals surface area contributed by atoms with Gasteiger partial charge in [-0.2, -0.15) is 0 Å². The van der Waals surface area contributed by atoms with Crippen LogP contribution in [0.1, 0.15) is 77.3 Å². The van der Waals surface area contributed by atoms with Crippen LogP contribution < -0.4 is 0 Å². The van der Waals surface area contributed by atoms with Gasteiger partial charge in [-0.1, -0.05) is 49.8 Å². The normalized spacial score (nSPS) is 23.0. The van der Waals surface area contributed by atoms with E-state index in [-0.39, 0.29) is 12.1 Å². The fraction of sp³-hybridized carbons (Fsp3) is 0.609. The molecule has 3 rings (SSSR count). The summed E-state index contributed by atoms with van der Waals surface area (Å²) in [5.41, 5.74) is 3.79. The highest BCUT2D eigenvalue weighted by Crippen LogP contribution is 2.35. The van der Waals surface area contributed by atoms with Crippen molar-refractivity contribution in [1.82, 2.24) is 4.90 Å². The number of carbonyl (C=O) groups excluding carboxylic acids is 1. The lowest BCUT2D eigenvalue weighted by Gasteiger charge is -2.45. The van der Waals surface area contributed by atoms with Crippen LogP contribution in [0.3, 0.4) is 0 Å². The van der Waals surface area contributed by atoms with E-state index in [4.69, 9.17) is 4.74 Å². The van der Waals surface area contributed by atoms with Gasteiger partial charge in [-0.05, 0) is 69.9 Å². The Bertz CT molecular complexity index is 666. The minimum Gasteiger partial charge on any atom is -0.444 e. The summed E-state index contributed by atoms with van der Waals surface area (Å²) in [5, 5.41) is 0. The first-order valence-electron chi connectivity index (χ1n) is 10.0. The Labute approximate surface area is 158 Å². The molecule has 0 aromatic heterocycles. The van der Waals surface area contributed by atoms with E-state index in [0.717, 1.165) is 25.7 Å². The van der Waals surface area contributed by atoms with Gasteiger partial charge in [0.1, 0.15) is 5.60 Å². The lowest BCUT2D eigenvalue weighted by Crippen LogP contribution is -2.53. The molecule has 0 saturated carbocycles. The van der Waals surface area contributed by atoms with Crippen LogP contribution in [0.25, 0.3) is 0 Å². The predicted molar refractivity (Wildman–Crippen MR) is 106 cm³/mol. The molecule has 2 aliphatic rings. The van der Waals surface area contributed by atoms with Crippen molar-refractivity contribution in [1.29, 1.82) is 0 Å². The van der Waals surface area contributed by atoms with Crippen LogP contribution in [0.5, 0.6) is 0 Å². The Morgan fingerprint density at radius 2 is 1.88 bits per heavy atom. The predicted octanol–water partition coefficient (Wildman–Crippen LogP) is 5.84. The molecule has 1 fully saturated rings. The molecule has 1 aromatic carbocycles.